The van der Waals surface area contributed by atoms with Crippen molar-refractivity contribution in [1.82, 2.24) is 4.72 Å². The molecule has 0 aliphatic carbocycles. The van der Waals surface area contributed by atoms with Crippen LogP contribution >= 0.6 is 11.6 Å². The molecule has 2 fully saturated rings. The number of nitrogen functional groups attached to an aromatic ring is 1. The van der Waals surface area contributed by atoms with Gasteiger partial charge in [-0.3, -0.25) is 0 Å². The van der Waals surface area contributed by atoms with E-state index in [1.165, 1.54) is 12.1 Å². The maximum absolute atomic E-state index is 12.4. The number of hydrogen-bond donors (Lipinski definition) is 2. The lowest BCUT2D eigenvalue weighted by molar-refractivity contribution is 0.0996. The summed E-state index contributed by atoms with van der Waals surface area (Å²) in [6.45, 7) is 0. The maximum atomic E-state index is 12.4. The Balaban J connectivity index is 1.87. The predicted molar refractivity (Wildman–Crippen MR) is 72.5 cm³/mol. The largest absolute Gasteiger partial charge is 0.398 e. The molecule has 2 aliphatic rings. The molecular formula is C12H15ClN2O3S. The minimum absolute atomic E-state index is 0.0245. The van der Waals surface area contributed by atoms with E-state index < -0.39 is 10.0 Å². The van der Waals surface area contributed by atoms with E-state index >= 15 is 0 Å². The molecule has 0 saturated carbocycles. The summed E-state index contributed by atoms with van der Waals surface area (Å²) in [5.41, 5.74) is 5.88. The zero-order valence-corrected chi connectivity index (χ0v) is 11.7. The molecule has 5 nitrogen and oxygen atoms in total. The number of hydrogen-bond acceptors (Lipinski definition) is 4. The van der Waals surface area contributed by atoms with Crippen molar-refractivity contribution in [2.75, 3.05) is 5.73 Å². The average Bonchev–Trinajstić information content (AvgIpc) is 2.89. The Hall–Kier alpha value is -0.820. The number of ether oxygens (including phenoxy) is 1. The number of halogens is 1. The summed E-state index contributed by atoms with van der Waals surface area (Å²) in [5, 5.41) is 0.136. The number of anilines is 1. The van der Waals surface area contributed by atoms with Gasteiger partial charge in [0.1, 0.15) is 4.90 Å². The summed E-state index contributed by atoms with van der Waals surface area (Å²) < 4.78 is 33.1. The first kappa shape index (κ1) is 13.2. The number of fused-ring (bicyclic) bond motifs is 2. The number of sulfonamides is 1. The Morgan fingerprint density at radius 3 is 2.74 bits per heavy atom. The van der Waals surface area contributed by atoms with E-state index in [0.29, 0.717) is 6.42 Å². The normalized spacial score (nSPS) is 29.8. The Bertz CT molecular complexity index is 585. The summed E-state index contributed by atoms with van der Waals surface area (Å²) in [5.74, 6) is 0. The quantitative estimate of drug-likeness (QED) is 0.830. The maximum Gasteiger partial charge on any atom is 0.244 e. The second kappa shape index (κ2) is 4.63. The monoisotopic (exact) mass is 302 g/mol. The van der Waals surface area contributed by atoms with Crippen LogP contribution in [-0.4, -0.2) is 26.7 Å². The summed E-state index contributed by atoms with van der Waals surface area (Å²) in [7, 11) is -3.71. The molecule has 1 aromatic carbocycles. The Morgan fingerprint density at radius 1 is 1.37 bits per heavy atom. The summed E-state index contributed by atoms with van der Waals surface area (Å²) in [6.07, 6.45) is 2.78. The first-order chi connectivity index (χ1) is 8.97. The zero-order chi connectivity index (χ0) is 13.6. The summed E-state index contributed by atoms with van der Waals surface area (Å²) in [6, 6.07) is 4.48. The van der Waals surface area contributed by atoms with Gasteiger partial charge in [-0.1, -0.05) is 17.7 Å². The highest BCUT2D eigenvalue weighted by atomic mass is 35.5. The molecule has 0 aromatic heterocycles. The second-order valence-electron chi connectivity index (χ2n) is 5.00. The smallest absolute Gasteiger partial charge is 0.244 e. The third-order valence-corrected chi connectivity index (χ3v) is 5.71. The first-order valence-corrected chi connectivity index (χ1v) is 8.05. The van der Waals surface area contributed by atoms with Crippen molar-refractivity contribution < 1.29 is 13.2 Å². The number of nitrogens with one attached hydrogen (secondary N) is 1. The van der Waals surface area contributed by atoms with Crippen LogP contribution in [0.25, 0.3) is 0 Å². The van der Waals surface area contributed by atoms with Crippen LogP contribution in [0.2, 0.25) is 5.02 Å². The molecular weight excluding hydrogens is 288 g/mol. The molecule has 3 atom stereocenters. The van der Waals surface area contributed by atoms with Crippen molar-refractivity contribution >= 4 is 27.3 Å². The standard InChI is InChI=1S/C12H15ClN2O3S/c13-8-2-1-3-9(14)12(8)19(16,17)15-10-6-7-4-5-11(10)18-7/h1-3,7,10-11,15H,4-6,14H2. The van der Waals surface area contributed by atoms with Gasteiger partial charge in [0, 0.05) is 0 Å². The van der Waals surface area contributed by atoms with Gasteiger partial charge >= 0.3 is 0 Å². The number of nitrogens with two attached hydrogens (primary N) is 1. The number of benzene rings is 1. The van der Waals surface area contributed by atoms with E-state index in [1.54, 1.807) is 6.07 Å². The van der Waals surface area contributed by atoms with Gasteiger partial charge in [-0.25, -0.2) is 13.1 Å². The minimum Gasteiger partial charge on any atom is -0.398 e. The van der Waals surface area contributed by atoms with E-state index in [4.69, 9.17) is 22.1 Å². The van der Waals surface area contributed by atoms with Crippen molar-refractivity contribution in [2.24, 2.45) is 0 Å². The topological polar surface area (TPSA) is 81.4 Å². The molecule has 1 aromatic rings. The van der Waals surface area contributed by atoms with Gasteiger partial charge in [0.25, 0.3) is 0 Å². The molecule has 0 spiro atoms. The van der Waals surface area contributed by atoms with Crippen LogP contribution in [0.1, 0.15) is 19.3 Å². The molecule has 2 aliphatic heterocycles. The Labute approximate surface area is 117 Å². The molecule has 3 N–H and O–H groups in total. The fraction of sp³-hybridized carbons (Fsp3) is 0.500. The third kappa shape index (κ3) is 2.33. The van der Waals surface area contributed by atoms with Gasteiger partial charge in [-0.05, 0) is 31.4 Å². The van der Waals surface area contributed by atoms with E-state index in [1.807, 2.05) is 0 Å². The molecule has 2 heterocycles. The van der Waals surface area contributed by atoms with Crippen LogP contribution in [-0.2, 0) is 14.8 Å². The summed E-state index contributed by atoms with van der Waals surface area (Å²) >= 11 is 5.95. The van der Waals surface area contributed by atoms with Gasteiger partial charge in [0.15, 0.2) is 0 Å². The highest BCUT2D eigenvalue weighted by molar-refractivity contribution is 7.89. The van der Waals surface area contributed by atoms with E-state index in [-0.39, 0.29) is 33.9 Å². The molecule has 104 valence electrons. The zero-order valence-electron chi connectivity index (χ0n) is 10.2. The van der Waals surface area contributed by atoms with Gasteiger partial charge in [-0.15, -0.1) is 0 Å². The lowest BCUT2D eigenvalue weighted by atomic mass is 9.96. The molecule has 2 bridgehead atoms. The van der Waals surface area contributed by atoms with Gasteiger partial charge in [-0.2, -0.15) is 0 Å². The fourth-order valence-corrected chi connectivity index (χ4v) is 4.78. The molecule has 2 saturated heterocycles. The van der Waals surface area contributed by atoms with Crippen LogP contribution in [0.15, 0.2) is 23.1 Å². The second-order valence-corrected chi connectivity index (χ2v) is 7.05. The SMILES string of the molecule is Nc1cccc(Cl)c1S(=O)(=O)NC1CC2CCC1O2. The third-order valence-electron chi connectivity index (χ3n) is 3.68. The molecule has 3 rings (SSSR count). The van der Waals surface area contributed by atoms with Crippen LogP contribution in [0.4, 0.5) is 5.69 Å². The van der Waals surface area contributed by atoms with Gasteiger partial charge in [0.2, 0.25) is 10.0 Å². The lowest BCUT2D eigenvalue weighted by Gasteiger charge is -2.20. The van der Waals surface area contributed by atoms with Crippen LogP contribution in [0.5, 0.6) is 0 Å². The molecule has 19 heavy (non-hydrogen) atoms. The fourth-order valence-electron chi connectivity index (χ4n) is 2.83. The van der Waals surface area contributed by atoms with Crippen molar-refractivity contribution in [2.45, 2.75) is 42.4 Å². The Kier molecular flexibility index (Phi) is 3.21. The molecule has 7 heteroatoms. The van der Waals surface area contributed by atoms with Crippen molar-refractivity contribution in [3.05, 3.63) is 23.2 Å². The van der Waals surface area contributed by atoms with Gasteiger partial charge < -0.3 is 10.5 Å². The van der Waals surface area contributed by atoms with Crippen molar-refractivity contribution in [3.8, 4) is 0 Å². The summed E-state index contributed by atoms with van der Waals surface area (Å²) in [4.78, 5) is -0.0422. The van der Waals surface area contributed by atoms with Gasteiger partial charge in [0.05, 0.1) is 29.0 Å². The van der Waals surface area contributed by atoms with Crippen LogP contribution in [0, 0.1) is 0 Å². The highest BCUT2D eigenvalue weighted by Crippen LogP contribution is 2.36. The highest BCUT2D eigenvalue weighted by Gasteiger charge is 2.43. The number of rotatable bonds is 3. The predicted octanol–water partition coefficient (Wildman–Crippen LogP) is 1.52. The average molecular weight is 303 g/mol. The molecule has 0 amide bonds. The molecule has 0 radical (unpaired) electrons. The minimum atomic E-state index is -3.71. The van der Waals surface area contributed by atoms with E-state index in [2.05, 4.69) is 4.72 Å². The Morgan fingerprint density at radius 2 is 2.16 bits per heavy atom. The van der Waals surface area contributed by atoms with Crippen molar-refractivity contribution in [3.63, 3.8) is 0 Å². The first-order valence-electron chi connectivity index (χ1n) is 6.19. The van der Waals surface area contributed by atoms with Crippen molar-refractivity contribution in [1.29, 1.82) is 0 Å². The van der Waals surface area contributed by atoms with E-state index in [0.717, 1.165) is 12.8 Å². The van der Waals surface area contributed by atoms with Crippen LogP contribution in [0.3, 0.4) is 0 Å². The van der Waals surface area contributed by atoms with Crippen LogP contribution < -0.4 is 10.5 Å². The molecule has 3 unspecified atom stereocenters. The van der Waals surface area contributed by atoms with E-state index in [9.17, 15) is 8.42 Å². The lowest BCUT2D eigenvalue weighted by Crippen LogP contribution is -2.41.